The molecule has 0 radical (unpaired) electrons. The molecule has 3 rings (SSSR count). The van der Waals surface area contributed by atoms with Gasteiger partial charge in [-0.15, -0.1) is 0 Å². The Labute approximate surface area is 149 Å². The van der Waals surface area contributed by atoms with Crippen molar-refractivity contribution in [1.29, 1.82) is 0 Å². The Morgan fingerprint density at radius 1 is 1.00 bits per heavy atom. The molecule has 0 saturated carbocycles. The van der Waals surface area contributed by atoms with Gasteiger partial charge < -0.3 is 4.90 Å². The molecule has 25 heavy (non-hydrogen) atoms. The van der Waals surface area contributed by atoms with E-state index in [1.807, 2.05) is 0 Å². The summed E-state index contributed by atoms with van der Waals surface area (Å²) in [5, 5.41) is 0.453. The molecular weight excluding hydrogens is 342 g/mol. The Hall–Kier alpha value is -2.86. The minimum absolute atomic E-state index is 0.0677. The quantitative estimate of drug-likeness (QED) is 0.826. The Morgan fingerprint density at radius 3 is 2.40 bits per heavy atom. The fourth-order valence-electron chi connectivity index (χ4n) is 2.67. The lowest BCUT2D eigenvalue weighted by atomic mass is 10.1. The average Bonchev–Trinajstić information content (AvgIpc) is 3.02. The molecule has 3 amide bonds. The lowest BCUT2D eigenvalue weighted by Gasteiger charge is -2.18. The molecule has 1 fully saturated rings. The summed E-state index contributed by atoms with van der Waals surface area (Å²) in [6.07, 6.45) is 0.0677. The van der Waals surface area contributed by atoms with E-state index in [0.29, 0.717) is 16.3 Å². The highest BCUT2D eigenvalue weighted by Crippen LogP contribution is 2.30. The van der Waals surface area contributed by atoms with E-state index in [-0.39, 0.29) is 18.9 Å². The minimum atomic E-state index is -0.556. The zero-order valence-corrected chi connectivity index (χ0v) is 14.0. The second kappa shape index (κ2) is 7.36. The van der Waals surface area contributed by atoms with Crippen molar-refractivity contribution < 1.29 is 14.4 Å². The molecule has 6 nitrogen and oxygen atoms in total. The summed E-state index contributed by atoms with van der Waals surface area (Å²) in [6, 6.07) is 15.5. The van der Waals surface area contributed by atoms with Crippen LogP contribution >= 0.6 is 11.6 Å². The van der Waals surface area contributed by atoms with Gasteiger partial charge >= 0.3 is 0 Å². The van der Waals surface area contributed by atoms with Crippen LogP contribution in [0.4, 0.5) is 5.69 Å². The fourth-order valence-corrected chi connectivity index (χ4v) is 2.91. The van der Waals surface area contributed by atoms with Gasteiger partial charge in [0.1, 0.15) is 0 Å². The number of amides is 3. The largest absolute Gasteiger partial charge is 0.310 e. The number of anilines is 1. The van der Waals surface area contributed by atoms with E-state index in [4.69, 9.17) is 11.6 Å². The Morgan fingerprint density at radius 2 is 1.68 bits per heavy atom. The molecule has 0 spiro atoms. The van der Waals surface area contributed by atoms with Gasteiger partial charge in [0.2, 0.25) is 11.8 Å². The summed E-state index contributed by atoms with van der Waals surface area (Å²) in [4.78, 5) is 37.9. The monoisotopic (exact) mass is 357 g/mol. The van der Waals surface area contributed by atoms with Gasteiger partial charge in [-0.2, -0.15) is 0 Å². The first-order valence-corrected chi connectivity index (χ1v) is 8.14. The van der Waals surface area contributed by atoms with Gasteiger partial charge in [0, 0.05) is 18.5 Å². The smallest absolute Gasteiger partial charge is 0.269 e. The van der Waals surface area contributed by atoms with E-state index >= 15 is 0 Å². The molecule has 128 valence electrons. The molecule has 1 aliphatic rings. The first-order valence-electron chi connectivity index (χ1n) is 7.76. The predicted octanol–water partition coefficient (Wildman–Crippen LogP) is 2.15. The molecule has 1 saturated heterocycles. The number of benzene rings is 2. The minimum Gasteiger partial charge on any atom is -0.310 e. The van der Waals surface area contributed by atoms with Gasteiger partial charge in [0.15, 0.2) is 0 Å². The molecule has 0 aromatic heterocycles. The molecule has 0 aliphatic carbocycles. The van der Waals surface area contributed by atoms with Crippen LogP contribution in [-0.2, 0) is 9.59 Å². The molecule has 1 heterocycles. The highest BCUT2D eigenvalue weighted by Gasteiger charge is 2.36. The molecule has 2 N–H and O–H groups in total. The second-order valence-electron chi connectivity index (χ2n) is 5.67. The first-order chi connectivity index (χ1) is 12.1. The summed E-state index contributed by atoms with van der Waals surface area (Å²) < 4.78 is 0. The summed E-state index contributed by atoms with van der Waals surface area (Å²) in [6.45, 7) is 0.218. The van der Waals surface area contributed by atoms with Crippen LogP contribution < -0.4 is 15.8 Å². The normalized spacial score (nSPS) is 16.6. The third-order valence-corrected chi connectivity index (χ3v) is 4.29. The highest BCUT2D eigenvalue weighted by atomic mass is 35.5. The average molecular weight is 358 g/mol. The van der Waals surface area contributed by atoms with Crippen molar-refractivity contribution >= 4 is 35.0 Å². The standard InChI is InChI=1S/C18H16ClN3O3/c19-14-8-4-5-9-15(14)22-11-13(10-16(22)23)18(25)21-20-17(24)12-6-2-1-3-7-12/h1-9,13H,10-11H2,(H,20,24)(H,21,25). The van der Waals surface area contributed by atoms with Crippen molar-refractivity contribution in [2.45, 2.75) is 6.42 Å². The SMILES string of the molecule is O=C(NNC(=O)C1CC(=O)N(c2ccccc2Cl)C1)c1ccccc1. The Balaban J connectivity index is 1.60. The fraction of sp³-hybridized carbons (Fsp3) is 0.167. The third kappa shape index (κ3) is 3.80. The molecule has 2 aromatic rings. The summed E-state index contributed by atoms with van der Waals surface area (Å²) in [5.41, 5.74) is 5.76. The van der Waals surface area contributed by atoms with Crippen molar-refractivity contribution in [2.75, 3.05) is 11.4 Å². The number of para-hydroxylation sites is 1. The first kappa shape index (κ1) is 17.0. The van der Waals surface area contributed by atoms with Crippen LogP contribution in [-0.4, -0.2) is 24.3 Å². The van der Waals surface area contributed by atoms with Gasteiger partial charge in [0.25, 0.3) is 5.91 Å². The predicted molar refractivity (Wildman–Crippen MR) is 94.0 cm³/mol. The van der Waals surface area contributed by atoms with Crippen molar-refractivity contribution in [3.05, 3.63) is 65.2 Å². The maximum absolute atomic E-state index is 12.3. The van der Waals surface area contributed by atoms with Crippen molar-refractivity contribution in [3.8, 4) is 0 Å². The van der Waals surface area contributed by atoms with Crippen LogP contribution in [0.3, 0.4) is 0 Å². The number of nitrogens with one attached hydrogen (secondary N) is 2. The number of nitrogens with zero attached hydrogens (tertiary/aromatic N) is 1. The van der Waals surface area contributed by atoms with Crippen LogP contribution in [0.1, 0.15) is 16.8 Å². The van der Waals surface area contributed by atoms with E-state index in [9.17, 15) is 14.4 Å². The van der Waals surface area contributed by atoms with E-state index in [1.165, 1.54) is 4.90 Å². The number of halogens is 1. The van der Waals surface area contributed by atoms with Crippen molar-refractivity contribution in [3.63, 3.8) is 0 Å². The third-order valence-electron chi connectivity index (χ3n) is 3.97. The van der Waals surface area contributed by atoms with Crippen LogP contribution in [0, 0.1) is 5.92 Å². The maximum Gasteiger partial charge on any atom is 0.269 e. The molecule has 2 aromatic carbocycles. The number of carbonyl (C=O) groups is 3. The van der Waals surface area contributed by atoms with Crippen molar-refractivity contribution in [1.82, 2.24) is 10.9 Å². The van der Waals surface area contributed by atoms with E-state index < -0.39 is 17.7 Å². The van der Waals surface area contributed by atoms with E-state index in [2.05, 4.69) is 10.9 Å². The molecule has 0 bridgehead atoms. The zero-order valence-electron chi connectivity index (χ0n) is 13.2. The molecule has 1 unspecified atom stereocenters. The summed E-state index contributed by atoms with van der Waals surface area (Å²) in [7, 11) is 0. The van der Waals surface area contributed by atoms with E-state index in [0.717, 1.165) is 0 Å². The number of carbonyl (C=O) groups excluding carboxylic acids is 3. The topological polar surface area (TPSA) is 78.5 Å². The number of hydrogen-bond acceptors (Lipinski definition) is 3. The number of hydrazine groups is 1. The van der Waals surface area contributed by atoms with Gasteiger partial charge in [0.05, 0.1) is 16.6 Å². The number of hydrogen-bond donors (Lipinski definition) is 2. The Kier molecular flexibility index (Phi) is 5.00. The summed E-state index contributed by atoms with van der Waals surface area (Å²) in [5.74, 6) is -1.56. The molecular formula is C18H16ClN3O3. The number of rotatable bonds is 3. The molecule has 7 heteroatoms. The van der Waals surface area contributed by atoms with Gasteiger partial charge in [-0.05, 0) is 24.3 Å². The lowest BCUT2D eigenvalue weighted by molar-refractivity contribution is -0.126. The lowest BCUT2D eigenvalue weighted by Crippen LogP contribution is -2.45. The van der Waals surface area contributed by atoms with E-state index in [1.54, 1.807) is 54.6 Å². The van der Waals surface area contributed by atoms with Crippen LogP contribution in [0.5, 0.6) is 0 Å². The van der Waals surface area contributed by atoms with Gasteiger partial charge in [-0.25, -0.2) is 0 Å². The highest BCUT2D eigenvalue weighted by molar-refractivity contribution is 6.33. The van der Waals surface area contributed by atoms with Crippen LogP contribution in [0.2, 0.25) is 5.02 Å². The maximum atomic E-state index is 12.3. The van der Waals surface area contributed by atoms with Gasteiger partial charge in [-0.3, -0.25) is 25.2 Å². The molecule has 1 atom stereocenters. The Bertz CT molecular complexity index is 810. The van der Waals surface area contributed by atoms with Crippen molar-refractivity contribution in [2.24, 2.45) is 5.92 Å². The zero-order chi connectivity index (χ0) is 17.8. The molecule has 1 aliphatic heterocycles. The van der Waals surface area contributed by atoms with Gasteiger partial charge in [-0.1, -0.05) is 41.9 Å². The van der Waals surface area contributed by atoms with Crippen LogP contribution in [0.25, 0.3) is 0 Å². The summed E-state index contributed by atoms with van der Waals surface area (Å²) >= 11 is 6.12. The van der Waals surface area contributed by atoms with Crippen LogP contribution in [0.15, 0.2) is 54.6 Å². The second-order valence-corrected chi connectivity index (χ2v) is 6.07.